The first-order chi connectivity index (χ1) is 8.09. The van der Waals surface area contributed by atoms with Crippen LogP contribution in [-0.4, -0.2) is 18.4 Å². The van der Waals surface area contributed by atoms with Crippen LogP contribution in [0.1, 0.15) is 12.5 Å². The van der Waals surface area contributed by atoms with Gasteiger partial charge in [-0.2, -0.15) is 0 Å². The van der Waals surface area contributed by atoms with E-state index in [1.807, 2.05) is 30.3 Å². The van der Waals surface area contributed by atoms with Crippen LogP contribution >= 0.6 is 0 Å². The molecule has 1 atom stereocenters. The molecule has 1 aromatic carbocycles. The van der Waals surface area contributed by atoms with Gasteiger partial charge in [-0.15, -0.1) is 0 Å². The van der Waals surface area contributed by atoms with Crippen LogP contribution in [0.3, 0.4) is 0 Å². The van der Waals surface area contributed by atoms with Gasteiger partial charge in [-0.25, -0.2) is 4.79 Å². The third-order valence-electron chi connectivity index (χ3n) is 2.40. The topological polar surface area (TPSA) is 91.0 Å². The molecule has 0 saturated carbocycles. The Balaban J connectivity index is 2.24. The Morgan fingerprint density at radius 1 is 1.35 bits per heavy atom. The summed E-state index contributed by atoms with van der Waals surface area (Å²) in [6.45, 7) is 2.65. The minimum Gasteiger partial charge on any atom is -0.387 e. The predicted octanol–water partition coefficient (Wildman–Crippen LogP) is 1.06. The van der Waals surface area contributed by atoms with E-state index >= 15 is 0 Å². The summed E-state index contributed by atoms with van der Waals surface area (Å²) in [5, 5.41) is 12.6. The molecule has 1 rings (SSSR count). The fraction of sp³-hybridized carbons (Fsp3) is 0.333. The standard InChI is InChI=1S/C12H18N4O/c1-9(11(13)14)7-15-12(17)16-8-10-5-3-2-4-6-10/h2-6,9H,7-8H2,1H3,(H3,13,14)(H2,15,16,17). The van der Waals surface area contributed by atoms with E-state index in [2.05, 4.69) is 10.6 Å². The van der Waals surface area contributed by atoms with Gasteiger partial charge in [-0.05, 0) is 5.56 Å². The fourth-order valence-electron chi connectivity index (χ4n) is 1.20. The van der Waals surface area contributed by atoms with Gasteiger partial charge >= 0.3 is 6.03 Å². The van der Waals surface area contributed by atoms with Crippen LogP contribution in [-0.2, 0) is 6.54 Å². The average molecular weight is 234 g/mol. The van der Waals surface area contributed by atoms with Gasteiger partial charge < -0.3 is 16.4 Å². The zero-order valence-corrected chi connectivity index (χ0v) is 9.86. The molecule has 2 amide bonds. The number of nitrogens with one attached hydrogen (secondary N) is 3. The van der Waals surface area contributed by atoms with Gasteiger partial charge in [0.2, 0.25) is 0 Å². The van der Waals surface area contributed by atoms with Gasteiger partial charge in [0.1, 0.15) is 0 Å². The van der Waals surface area contributed by atoms with Crippen molar-refractivity contribution in [2.45, 2.75) is 13.5 Å². The van der Waals surface area contributed by atoms with Crippen molar-refractivity contribution in [1.82, 2.24) is 10.6 Å². The maximum absolute atomic E-state index is 11.4. The summed E-state index contributed by atoms with van der Waals surface area (Å²) in [5.41, 5.74) is 6.34. The third kappa shape index (κ3) is 5.01. The van der Waals surface area contributed by atoms with Crippen LogP contribution in [0.5, 0.6) is 0 Å². The van der Waals surface area contributed by atoms with Crippen molar-refractivity contribution in [3.63, 3.8) is 0 Å². The molecule has 92 valence electrons. The van der Waals surface area contributed by atoms with Crippen molar-refractivity contribution in [2.75, 3.05) is 6.54 Å². The highest BCUT2D eigenvalue weighted by molar-refractivity contribution is 5.80. The molecular formula is C12H18N4O. The molecule has 0 spiro atoms. The second kappa shape index (κ2) is 6.52. The normalized spacial score (nSPS) is 11.6. The van der Waals surface area contributed by atoms with E-state index in [1.54, 1.807) is 6.92 Å². The lowest BCUT2D eigenvalue weighted by Gasteiger charge is -2.11. The number of hydrogen-bond acceptors (Lipinski definition) is 2. The Kier molecular flexibility index (Phi) is 5.00. The van der Waals surface area contributed by atoms with Crippen molar-refractivity contribution >= 4 is 11.9 Å². The molecule has 0 fully saturated rings. The van der Waals surface area contributed by atoms with E-state index in [1.165, 1.54) is 0 Å². The Morgan fingerprint density at radius 2 is 2.00 bits per heavy atom. The van der Waals surface area contributed by atoms with Crippen molar-refractivity contribution in [1.29, 1.82) is 5.41 Å². The molecule has 0 aliphatic rings. The summed E-state index contributed by atoms with van der Waals surface area (Å²) >= 11 is 0. The summed E-state index contributed by atoms with van der Waals surface area (Å²) in [5.74, 6) is -0.0640. The minimum absolute atomic E-state index is 0.0772. The fourth-order valence-corrected chi connectivity index (χ4v) is 1.20. The monoisotopic (exact) mass is 234 g/mol. The second-order valence-electron chi connectivity index (χ2n) is 3.91. The van der Waals surface area contributed by atoms with Crippen molar-refractivity contribution in [2.24, 2.45) is 11.7 Å². The molecule has 0 saturated heterocycles. The molecule has 5 nitrogen and oxygen atoms in total. The number of benzene rings is 1. The zero-order chi connectivity index (χ0) is 12.7. The van der Waals surface area contributed by atoms with Crippen molar-refractivity contribution < 1.29 is 4.79 Å². The predicted molar refractivity (Wildman–Crippen MR) is 67.8 cm³/mol. The van der Waals surface area contributed by atoms with Gasteiger partial charge in [-0.3, -0.25) is 5.41 Å². The lowest BCUT2D eigenvalue weighted by molar-refractivity contribution is 0.240. The van der Waals surface area contributed by atoms with E-state index < -0.39 is 0 Å². The smallest absolute Gasteiger partial charge is 0.315 e. The Morgan fingerprint density at radius 3 is 2.59 bits per heavy atom. The van der Waals surface area contributed by atoms with E-state index in [-0.39, 0.29) is 17.8 Å². The van der Waals surface area contributed by atoms with Crippen LogP contribution in [0, 0.1) is 11.3 Å². The largest absolute Gasteiger partial charge is 0.387 e. The molecule has 1 unspecified atom stereocenters. The number of nitrogens with two attached hydrogens (primary N) is 1. The summed E-state index contributed by atoms with van der Waals surface area (Å²) in [6.07, 6.45) is 0. The lowest BCUT2D eigenvalue weighted by atomic mass is 10.1. The van der Waals surface area contributed by atoms with E-state index in [0.29, 0.717) is 13.1 Å². The summed E-state index contributed by atoms with van der Waals surface area (Å²) in [4.78, 5) is 11.4. The summed E-state index contributed by atoms with van der Waals surface area (Å²) < 4.78 is 0. The second-order valence-corrected chi connectivity index (χ2v) is 3.91. The molecule has 0 heterocycles. The number of urea groups is 1. The van der Waals surface area contributed by atoms with Gasteiger partial charge in [0, 0.05) is 19.0 Å². The quantitative estimate of drug-likeness (QED) is 0.453. The minimum atomic E-state index is -0.248. The number of amides is 2. The average Bonchev–Trinajstić information content (AvgIpc) is 2.34. The molecule has 17 heavy (non-hydrogen) atoms. The number of rotatable bonds is 5. The number of carbonyl (C=O) groups excluding carboxylic acids is 1. The first kappa shape index (κ1) is 13.0. The maximum Gasteiger partial charge on any atom is 0.315 e. The van der Waals surface area contributed by atoms with Crippen LogP contribution in [0.15, 0.2) is 30.3 Å². The summed E-state index contributed by atoms with van der Waals surface area (Å²) in [6, 6.07) is 9.41. The number of amidine groups is 1. The van der Waals surface area contributed by atoms with Crippen LogP contribution < -0.4 is 16.4 Å². The van der Waals surface area contributed by atoms with E-state index in [0.717, 1.165) is 5.56 Å². The van der Waals surface area contributed by atoms with Crippen LogP contribution in [0.4, 0.5) is 4.79 Å². The molecule has 5 heteroatoms. The zero-order valence-electron chi connectivity index (χ0n) is 9.86. The van der Waals surface area contributed by atoms with Crippen molar-refractivity contribution in [3.05, 3.63) is 35.9 Å². The first-order valence-electron chi connectivity index (χ1n) is 5.49. The Bertz CT molecular complexity index is 377. The highest BCUT2D eigenvalue weighted by atomic mass is 16.2. The van der Waals surface area contributed by atoms with Crippen LogP contribution in [0.25, 0.3) is 0 Å². The van der Waals surface area contributed by atoms with Gasteiger partial charge in [0.05, 0.1) is 5.84 Å². The SMILES string of the molecule is CC(CNC(=O)NCc1ccccc1)C(=N)N. The highest BCUT2D eigenvalue weighted by Crippen LogP contribution is 1.97. The summed E-state index contributed by atoms with van der Waals surface area (Å²) in [7, 11) is 0. The molecule has 0 radical (unpaired) electrons. The Hall–Kier alpha value is -2.04. The molecule has 0 aliphatic heterocycles. The van der Waals surface area contributed by atoms with Crippen LogP contribution in [0.2, 0.25) is 0 Å². The highest BCUT2D eigenvalue weighted by Gasteiger charge is 2.06. The van der Waals surface area contributed by atoms with E-state index in [9.17, 15) is 4.79 Å². The van der Waals surface area contributed by atoms with Gasteiger partial charge in [0.25, 0.3) is 0 Å². The van der Waals surface area contributed by atoms with Gasteiger partial charge in [0.15, 0.2) is 0 Å². The number of hydrogen-bond donors (Lipinski definition) is 4. The molecule has 0 aromatic heterocycles. The molecular weight excluding hydrogens is 216 g/mol. The third-order valence-corrected chi connectivity index (χ3v) is 2.40. The van der Waals surface area contributed by atoms with E-state index in [4.69, 9.17) is 11.1 Å². The molecule has 5 N–H and O–H groups in total. The van der Waals surface area contributed by atoms with Gasteiger partial charge in [-0.1, -0.05) is 37.3 Å². The molecule has 0 aliphatic carbocycles. The number of carbonyl (C=O) groups is 1. The Labute approximate surface area is 101 Å². The lowest BCUT2D eigenvalue weighted by Crippen LogP contribution is -2.40. The maximum atomic E-state index is 11.4. The first-order valence-corrected chi connectivity index (χ1v) is 5.49. The van der Waals surface area contributed by atoms with Crippen molar-refractivity contribution in [3.8, 4) is 0 Å². The molecule has 0 bridgehead atoms. The molecule has 1 aromatic rings.